The Labute approximate surface area is 143 Å². The van der Waals surface area contributed by atoms with Gasteiger partial charge < -0.3 is 4.70 Å². The van der Waals surface area contributed by atoms with Gasteiger partial charge in [-0.2, -0.15) is 0 Å². The van der Waals surface area contributed by atoms with E-state index in [1.165, 1.54) is 96.4 Å². The lowest BCUT2D eigenvalue weighted by Crippen LogP contribution is -3.00. The van der Waals surface area contributed by atoms with Crippen LogP contribution in [0.25, 0.3) is 0 Å². The highest BCUT2D eigenvalue weighted by molar-refractivity contribution is 4.83. The maximum atomic E-state index is 2.29. The lowest BCUT2D eigenvalue weighted by atomic mass is 10.0. The van der Waals surface area contributed by atoms with Gasteiger partial charge >= 0.3 is 0 Å². The van der Waals surface area contributed by atoms with Gasteiger partial charge in [0.05, 0.1) is 0 Å². The Balaban J connectivity index is 0.00000484. The normalized spacial score (nSPS) is 10.5. The summed E-state index contributed by atoms with van der Waals surface area (Å²) in [5, 5.41) is 0. The minimum Gasteiger partial charge on any atom is -1.00 e. The molecular weight excluding hydrogens is 285 g/mol. The highest BCUT2D eigenvalue weighted by Gasteiger charge is 1.98. The van der Waals surface area contributed by atoms with E-state index in [2.05, 4.69) is 42.1 Å². The Kier molecular flexibility index (Phi) is 16.7. The molecule has 0 saturated carbocycles. The van der Waals surface area contributed by atoms with E-state index in [0.717, 1.165) is 0 Å². The molecule has 0 atom stereocenters. The quantitative estimate of drug-likeness (QED) is 0.344. The number of hydrogen-bond acceptors (Lipinski definition) is 0. The van der Waals surface area contributed by atoms with E-state index in [1.54, 1.807) is 0 Å². The number of aryl methyl sites for hydroxylation is 1. The summed E-state index contributed by atoms with van der Waals surface area (Å²) in [6, 6.07) is 6.31. The first-order chi connectivity index (χ1) is 10.9. The third kappa shape index (κ3) is 14.4. The highest BCUT2D eigenvalue weighted by Crippen LogP contribution is 2.12. The largest absolute Gasteiger partial charge is 1.00 e. The standard InChI is InChI=1S/C21H38N.FH/c1-2-3-4-5-6-7-8-9-10-11-12-13-14-16-19-22-20-17-15-18-21-22;/h15,17-18,20-21H,2-14,16,19H2,1H3;1H/q+1;/p-1. The third-order valence-corrected chi connectivity index (χ3v) is 4.55. The van der Waals surface area contributed by atoms with Gasteiger partial charge in [0.1, 0.15) is 6.54 Å². The van der Waals surface area contributed by atoms with Gasteiger partial charge in [0.25, 0.3) is 0 Å². The minimum absolute atomic E-state index is 0. The minimum atomic E-state index is 0. The average Bonchev–Trinajstić information content (AvgIpc) is 2.56. The van der Waals surface area contributed by atoms with Crippen LogP contribution in [0.5, 0.6) is 0 Å². The summed E-state index contributed by atoms with van der Waals surface area (Å²) in [7, 11) is 0. The van der Waals surface area contributed by atoms with Gasteiger partial charge in [-0.15, -0.1) is 0 Å². The number of rotatable bonds is 15. The van der Waals surface area contributed by atoms with Crippen molar-refractivity contribution in [1.29, 1.82) is 0 Å². The second-order valence-electron chi connectivity index (χ2n) is 6.71. The predicted molar refractivity (Wildman–Crippen MR) is 96.9 cm³/mol. The lowest BCUT2D eigenvalue weighted by molar-refractivity contribution is -0.697. The van der Waals surface area contributed by atoms with Crippen molar-refractivity contribution in [1.82, 2.24) is 0 Å². The zero-order valence-electron chi connectivity index (χ0n) is 15.3. The van der Waals surface area contributed by atoms with Crippen LogP contribution < -0.4 is 9.27 Å². The molecule has 0 aliphatic heterocycles. The Morgan fingerprint density at radius 3 is 1.35 bits per heavy atom. The van der Waals surface area contributed by atoms with Gasteiger partial charge in [-0.1, -0.05) is 90.0 Å². The Morgan fingerprint density at radius 2 is 0.913 bits per heavy atom. The van der Waals surface area contributed by atoms with Gasteiger partial charge in [-0.3, -0.25) is 0 Å². The van der Waals surface area contributed by atoms with Crippen molar-refractivity contribution in [2.75, 3.05) is 0 Å². The molecule has 0 aliphatic rings. The average molecular weight is 324 g/mol. The number of unbranched alkanes of at least 4 members (excludes halogenated alkanes) is 13. The molecule has 0 fully saturated rings. The molecule has 1 nitrogen and oxygen atoms in total. The molecule has 0 spiro atoms. The van der Waals surface area contributed by atoms with Crippen molar-refractivity contribution in [3.05, 3.63) is 30.6 Å². The van der Waals surface area contributed by atoms with Crippen molar-refractivity contribution >= 4 is 0 Å². The van der Waals surface area contributed by atoms with Crippen LogP contribution in [0.3, 0.4) is 0 Å². The molecule has 134 valence electrons. The van der Waals surface area contributed by atoms with Crippen molar-refractivity contribution in [3.8, 4) is 0 Å². The summed E-state index contributed by atoms with van der Waals surface area (Å²) in [5.41, 5.74) is 0. The fourth-order valence-electron chi connectivity index (χ4n) is 3.07. The molecule has 1 aromatic rings. The summed E-state index contributed by atoms with van der Waals surface area (Å²) in [5.74, 6) is 0. The molecule has 0 radical (unpaired) electrons. The van der Waals surface area contributed by atoms with E-state index in [4.69, 9.17) is 0 Å². The van der Waals surface area contributed by atoms with Crippen molar-refractivity contribution < 1.29 is 9.27 Å². The van der Waals surface area contributed by atoms with E-state index in [0.29, 0.717) is 0 Å². The van der Waals surface area contributed by atoms with Crippen molar-refractivity contribution in [2.24, 2.45) is 0 Å². The first-order valence-electron chi connectivity index (χ1n) is 9.87. The zero-order chi connectivity index (χ0) is 15.7. The van der Waals surface area contributed by atoms with Gasteiger partial charge in [-0.05, 0) is 6.42 Å². The van der Waals surface area contributed by atoms with Crippen LogP contribution in [-0.2, 0) is 6.54 Å². The fourth-order valence-corrected chi connectivity index (χ4v) is 3.07. The molecule has 0 N–H and O–H groups in total. The van der Waals surface area contributed by atoms with Crippen LogP contribution in [0, 0.1) is 0 Å². The molecule has 1 heterocycles. The topological polar surface area (TPSA) is 3.88 Å². The SMILES string of the molecule is CCCCCCCCCCCCCCCC[n+]1ccccc1.[F-]. The molecule has 1 aromatic heterocycles. The second-order valence-corrected chi connectivity index (χ2v) is 6.71. The lowest BCUT2D eigenvalue weighted by Gasteiger charge is -2.02. The van der Waals surface area contributed by atoms with Gasteiger partial charge in [-0.25, -0.2) is 4.57 Å². The Hall–Kier alpha value is -0.920. The van der Waals surface area contributed by atoms with E-state index in [9.17, 15) is 0 Å². The smallest absolute Gasteiger partial charge is 0.168 e. The first kappa shape index (κ1) is 22.1. The third-order valence-electron chi connectivity index (χ3n) is 4.55. The van der Waals surface area contributed by atoms with E-state index in [-0.39, 0.29) is 4.70 Å². The predicted octanol–water partition coefficient (Wildman–Crippen LogP) is 3.46. The van der Waals surface area contributed by atoms with Crippen LogP contribution in [0.1, 0.15) is 96.8 Å². The molecule has 2 heteroatoms. The second kappa shape index (κ2) is 17.4. The summed E-state index contributed by atoms with van der Waals surface area (Å²) >= 11 is 0. The number of pyridine rings is 1. The fraction of sp³-hybridized carbons (Fsp3) is 0.762. The molecule has 0 aliphatic carbocycles. The number of hydrogen-bond donors (Lipinski definition) is 0. The molecule has 0 bridgehead atoms. The highest BCUT2D eigenvalue weighted by atomic mass is 19.0. The van der Waals surface area contributed by atoms with Crippen LogP contribution in [0.4, 0.5) is 0 Å². The van der Waals surface area contributed by atoms with Gasteiger partial charge in [0.2, 0.25) is 0 Å². The van der Waals surface area contributed by atoms with Crippen LogP contribution in [0.2, 0.25) is 0 Å². The molecular formula is C21H38FN. The summed E-state index contributed by atoms with van der Waals surface area (Å²) in [6.45, 7) is 3.47. The van der Waals surface area contributed by atoms with Crippen molar-refractivity contribution in [2.45, 2.75) is 103 Å². The van der Waals surface area contributed by atoms with Crippen LogP contribution in [0.15, 0.2) is 30.6 Å². The molecule has 0 amide bonds. The van der Waals surface area contributed by atoms with E-state index in [1.807, 2.05) is 0 Å². The van der Waals surface area contributed by atoms with E-state index < -0.39 is 0 Å². The zero-order valence-corrected chi connectivity index (χ0v) is 15.3. The van der Waals surface area contributed by atoms with Gasteiger partial charge in [0.15, 0.2) is 12.4 Å². The number of nitrogens with zero attached hydrogens (tertiary/aromatic N) is 1. The summed E-state index contributed by atoms with van der Waals surface area (Å²) in [4.78, 5) is 0. The maximum Gasteiger partial charge on any atom is 0.168 e. The van der Waals surface area contributed by atoms with E-state index >= 15 is 0 Å². The molecule has 0 aromatic carbocycles. The maximum absolute atomic E-state index is 2.29. The van der Waals surface area contributed by atoms with Gasteiger partial charge in [0, 0.05) is 18.6 Å². The van der Waals surface area contributed by atoms with Crippen LogP contribution in [-0.4, -0.2) is 0 Å². The molecule has 0 unspecified atom stereocenters. The number of aromatic nitrogens is 1. The Morgan fingerprint density at radius 1 is 0.522 bits per heavy atom. The Bertz CT molecular complexity index is 326. The first-order valence-corrected chi connectivity index (χ1v) is 9.87. The summed E-state index contributed by atoms with van der Waals surface area (Å²) < 4.78 is 2.29. The molecule has 1 rings (SSSR count). The summed E-state index contributed by atoms with van der Waals surface area (Å²) in [6.07, 6.45) is 24.4. The van der Waals surface area contributed by atoms with Crippen molar-refractivity contribution in [3.63, 3.8) is 0 Å². The molecule has 23 heavy (non-hydrogen) atoms. The number of halogens is 1. The van der Waals surface area contributed by atoms with Crippen LogP contribution >= 0.6 is 0 Å². The monoisotopic (exact) mass is 323 g/mol. The molecule has 0 saturated heterocycles.